The molecule has 1 aromatic rings. The lowest BCUT2D eigenvalue weighted by molar-refractivity contribution is -0.148. The van der Waals surface area contributed by atoms with E-state index in [1.54, 1.807) is 17.1 Å². The van der Waals surface area contributed by atoms with Crippen molar-refractivity contribution in [1.29, 1.82) is 0 Å². The Morgan fingerprint density at radius 3 is 2.52 bits per heavy atom. The quantitative estimate of drug-likeness (QED) is 0.469. The van der Waals surface area contributed by atoms with Gasteiger partial charge in [-0.1, -0.05) is 30.4 Å². The van der Waals surface area contributed by atoms with Gasteiger partial charge in [-0.15, -0.1) is 0 Å². The maximum absolute atomic E-state index is 12.2. The summed E-state index contributed by atoms with van der Waals surface area (Å²) in [6.45, 7) is 8.73. The first-order valence-corrected chi connectivity index (χ1v) is 8.58. The van der Waals surface area contributed by atoms with E-state index in [0.717, 1.165) is 13.1 Å². The van der Waals surface area contributed by atoms with Crippen LogP contribution in [0.25, 0.3) is 0 Å². The van der Waals surface area contributed by atoms with Gasteiger partial charge in [0.1, 0.15) is 0 Å². The number of hydrogen-bond acceptors (Lipinski definition) is 4. The number of allylic oxidation sites excluding steroid dienone is 3. The van der Waals surface area contributed by atoms with Crippen LogP contribution in [-0.2, 0) is 14.3 Å². The number of esters is 1. The second kappa shape index (κ2) is 9.06. The molecule has 25 heavy (non-hydrogen) atoms. The number of ether oxygens (including phenoxy) is 1. The summed E-state index contributed by atoms with van der Waals surface area (Å²) >= 11 is 0. The smallest absolute Gasteiger partial charge is 0.331 e. The molecule has 1 aliphatic heterocycles. The average Bonchev–Trinajstić information content (AvgIpc) is 2.62. The molecular formula is C20H26N2O3. The fourth-order valence-electron chi connectivity index (χ4n) is 2.79. The van der Waals surface area contributed by atoms with Crippen molar-refractivity contribution in [3.63, 3.8) is 0 Å². The number of carbonyl (C=O) groups excluding carboxylic acids is 2. The number of hydrogen-bond donors (Lipinski definition) is 0. The van der Waals surface area contributed by atoms with Gasteiger partial charge < -0.3 is 14.5 Å². The molecule has 1 aromatic carbocycles. The van der Waals surface area contributed by atoms with Gasteiger partial charge in [0.05, 0.1) is 0 Å². The highest BCUT2D eigenvalue weighted by molar-refractivity contribution is 5.86. The van der Waals surface area contributed by atoms with E-state index in [-0.39, 0.29) is 12.5 Å². The number of piperazine rings is 1. The van der Waals surface area contributed by atoms with Gasteiger partial charge in [0, 0.05) is 37.9 Å². The highest BCUT2D eigenvalue weighted by Crippen LogP contribution is 2.23. The number of carbonyl (C=O) groups is 2. The van der Waals surface area contributed by atoms with Crippen LogP contribution in [0.5, 0.6) is 0 Å². The van der Waals surface area contributed by atoms with Gasteiger partial charge in [-0.3, -0.25) is 4.79 Å². The number of amides is 1. The number of anilines is 1. The average molecular weight is 342 g/mol. The van der Waals surface area contributed by atoms with Gasteiger partial charge in [-0.25, -0.2) is 4.79 Å². The molecule has 0 radical (unpaired) electrons. The van der Waals surface area contributed by atoms with Crippen LogP contribution in [0.4, 0.5) is 5.69 Å². The van der Waals surface area contributed by atoms with Crippen LogP contribution in [0.1, 0.15) is 18.1 Å². The van der Waals surface area contributed by atoms with Crippen LogP contribution in [0.3, 0.4) is 0 Å². The van der Waals surface area contributed by atoms with E-state index < -0.39 is 5.97 Å². The molecule has 5 nitrogen and oxygen atoms in total. The minimum absolute atomic E-state index is 0.145. The maximum atomic E-state index is 12.2. The van der Waals surface area contributed by atoms with E-state index in [9.17, 15) is 9.59 Å². The molecule has 134 valence electrons. The predicted molar refractivity (Wildman–Crippen MR) is 99.6 cm³/mol. The molecule has 1 heterocycles. The summed E-state index contributed by atoms with van der Waals surface area (Å²) in [5, 5.41) is 0. The number of rotatable bonds is 5. The van der Waals surface area contributed by atoms with Gasteiger partial charge in [-0.2, -0.15) is 0 Å². The topological polar surface area (TPSA) is 49.9 Å². The molecule has 1 fully saturated rings. The zero-order valence-electron chi connectivity index (χ0n) is 15.2. The second-order valence-corrected chi connectivity index (χ2v) is 6.08. The van der Waals surface area contributed by atoms with Crippen LogP contribution in [0.2, 0.25) is 0 Å². The molecule has 0 atom stereocenters. The summed E-state index contributed by atoms with van der Waals surface area (Å²) in [5.41, 5.74) is 3.78. The lowest BCUT2D eigenvalue weighted by atomic mass is 10.1. The Kier molecular flexibility index (Phi) is 6.81. The number of benzene rings is 1. The number of aryl methyl sites for hydroxylation is 1. The van der Waals surface area contributed by atoms with Gasteiger partial charge in [0.2, 0.25) is 0 Å². The van der Waals surface area contributed by atoms with E-state index in [2.05, 4.69) is 36.9 Å². The van der Waals surface area contributed by atoms with Crippen LogP contribution in [0.15, 0.2) is 42.5 Å². The highest BCUT2D eigenvalue weighted by Gasteiger charge is 2.22. The van der Waals surface area contributed by atoms with Crippen LogP contribution in [-0.4, -0.2) is 49.6 Å². The van der Waals surface area contributed by atoms with Crippen molar-refractivity contribution in [2.24, 2.45) is 0 Å². The predicted octanol–water partition coefficient (Wildman–Crippen LogP) is 2.63. The van der Waals surface area contributed by atoms with Crippen molar-refractivity contribution in [2.75, 3.05) is 37.7 Å². The molecule has 5 heteroatoms. The summed E-state index contributed by atoms with van der Waals surface area (Å²) in [4.78, 5) is 27.7. The third-order valence-electron chi connectivity index (χ3n) is 4.42. The fourth-order valence-corrected chi connectivity index (χ4v) is 2.79. The normalized spacial score (nSPS) is 15.2. The molecule has 2 rings (SSSR count). The van der Waals surface area contributed by atoms with E-state index in [0.29, 0.717) is 13.1 Å². The van der Waals surface area contributed by atoms with Crippen LogP contribution in [0, 0.1) is 13.8 Å². The van der Waals surface area contributed by atoms with E-state index in [1.807, 2.05) is 13.0 Å². The minimum atomic E-state index is -0.500. The fraction of sp³-hybridized carbons (Fsp3) is 0.400. The Labute approximate surface area is 149 Å². The Balaban J connectivity index is 1.82. The van der Waals surface area contributed by atoms with Crippen LogP contribution >= 0.6 is 0 Å². The summed E-state index contributed by atoms with van der Waals surface area (Å²) in [5.74, 6) is -0.645. The molecule has 1 aliphatic rings. The largest absolute Gasteiger partial charge is 0.452 e. The molecule has 0 spiro atoms. The van der Waals surface area contributed by atoms with Crippen molar-refractivity contribution in [1.82, 2.24) is 4.90 Å². The highest BCUT2D eigenvalue weighted by atomic mass is 16.5. The Morgan fingerprint density at radius 2 is 1.84 bits per heavy atom. The lowest BCUT2D eigenvalue weighted by Gasteiger charge is -2.37. The molecule has 0 aliphatic carbocycles. The lowest BCUT2D eigenvalue weighted by Crippen LogP contribution is -2.50. The molecule has 1 amide bonds. The Bertz CT molecular complexity index is 672. The zero-order chi connectivity index (χ0) is 18.2. The van der Waals surface area contributed by atoms with Gasteiger partial charge in [0.15, 0.2) is 6.61 Å². The first-order chi connectivity index (χ1) is 12.0. The molecule has 1 saturated heterocycles. The minimum Gasteiger partial charge on any atom is -0.452 e. The maximum Gasteiger partial charge on any atom is 0.331 e. The van der Waals surface area contributed by atoms with Crippen molar-refractivity contribution < 1.29 is 14.3 Å². The van der Waals surface area contributed by atoms with Crippen molar-refractivity contribution in [3.8, 4) is 0 Å². The monoisotopic (exact) mass is 342 g/mol. The molecule has 0 unspecified atom stereocenters. The first kappa shape index (κ1) is 18.8. The van der Waals surface area contributed by atoms with Crippen molar-refractivity contribution >= 4 is 17.6 Å². The van der Waals surface area contributed by atoms with E-state index in [4.69, 9.17) is 4.74 Å². The molecule has 0 bridgehead atoms. The Morgan fingerprint density at radius 1 is 1.12 bits per heavy atom. The SMILES string of the molecule is C/C=C/C=C/C(=O)OCC(=O)N1CCN(c2cccc(C)c2C)CC1. The van der Waals surface area contributed by atoms with Gasteiger partial charge in [-0.05, 0) is 38.0 Å². The molecule has 0 saturated carbocycles. The summed E-state index contributed by atoms with van der Waals surface area (Å²) in [6, 6.07) is 6.30. The summed E-state index contributed by atoms with van der Waals surface area (Å²) in [6.07, 6.45) is 6.45. The van der Waals surface area contributed by atoms with Crippen molar-refractivity contribution in [2.45, 2.75) is 20.8 Å². The molecule has 0 aromatic heterocycles. The van der Waals surface area contributed by atoms with Gasteiger partial charge >= 0.3 is 5.97 Å². The van der Waals surface area contributed by atoms with Gasteiger partial charge in [0.25, 0.3) is 5.91 Å². The molecular weight excluding hydrogens is 316 g/mol. The Hall–Kier alpha value is -2.56. The van der Waals surface area contributed by atoms with Crippen LogP contribution < -0.4 is 4.90 Å². The second-order valence-electron chi connectivity index (χ2n) is 6.08. The van der Waals surface area contributed by atoms with E-state index >= 15 is 0 Å². The third-order valence-corrected chi connectivity index (χ3v) is 4.42. The number of nitrogens with zero attached hydrogens (tertiary/aromatic N) is 2. The summed E-state index contributed by atoms with van der Waals surface area (Å²) < 4.78 is 4.99. The third kappa shape index (κ3) is 5.21. The van der Waals surface area contributed by atoms with E-state index in [1.165, 1.54) is 22.9 Å². The molecule has 0 N–H and O–H groups in total. The zero-order valence-corrected chi connectivity index (χ0v) is 15.2. The first-order valence-electron chi connectivity index (χ1n) is 8.58. The standard InChI is InChI=1S/C20H26N2O3/c1-4-5-6-10-20(24)25-15-19(23)22-13-11-21(12-14-22)18-9-7-8-16(2)17(18)3/h4-10H,11-15H2,1-3H3/b5-4+,10-6+. The summed E-state index contributed by atoms with van der Waals surface area (Å²) in [7, 11) is 0. The van der Waals surface area contributed by atoms with Crippen molar-refractivity contribution in [3.05, 3.63) is 53.6 Å².